The van der Waals surface area contributed by atoms with Crippen LogP contribution in [0, 0.1) is 24.0 Å². The topological polar surface area (TPSA) is 46.9 Å². The first kappa shape index (κ1) is 27.5. The van der Waals surface area contributed by atoms with Crippen molar-refractivity contribution in [1.82, 2.24) is 15.1 Å². The van der Waals surface area contributed by atoms with Gasteiger partial charge in [-0.3, -0.25) is 4.79 Å². The zero-order valence-corrected chi connectivity index (χ0v) is 26.3. The molecule has 1 fully saturated rings. The molecule has 1 saturated carbocycles. The first-order valence-corrected chi connectivity index (χ1v) is 20.1. The Kier molecular flexibility index (Phi) is 10.1. The van der Waals surface area contributed by atoms with Crippen molar-refractivity contribution in [3.8, 4) is 28.1 Å². The normalized spacial score (nSPS) is 17.7. The molecule has 0 aliphatic heterocycles. The molecule has 0 bridgehead atoms. The van der Waals surface area contributed by atoms with E-state index in [1.807, 2.05) is 43.3 Å². The molecule has 35 heavy (non-hydrogen) atoms. The van der Waals surface area contributed by atoms with E-state index in [1.165, 1.54) is 0 Å². The predicted octanol–water partition coefficient (Wildman–Crippen LogP) is 9.23. The molecule has 182 valence electrons. The lowest BCUT2D eigenvalue weighted by molar-refractivity contribution is 0.0918. The van der Waals surface area contributed by atoms with Crippen LogP contribution in [-0.4, -0.2) is 21.7 Å². The van der Waals surface area contributed by atoms with E-state index < -0.39 is 0 Å². The number of benzene rings is 2. The SMILES string of the molecule is Cc1c(C(=O)NC2CCCC(C#CSP(I)I)C2)nn(-c2ccc(Cl)cc2Cl)c1-c1ccccc1. The van der Waals surface area contributed by atoms with Crippen molar-refractivity contribution in [2.45, 2.75) is 38.6 Å². The Bertz CT molecular complexity index is 1280. The Morgan fingerprint density at radius 3 is 2.69 bits per heavy atom. The number of carbonyl (C=O) groups excluding carboxylic acids is 1. The van der Waals surface area contributed by atoms with Crippen LogP contribution in [0.3, 0.4) is 0 Å². The summed E-state index contributed by atoms with van der Waals surface area (Å²) in [4.78, 5) is 13.4. The van der Waals surface area contributed by atoms with E-state index in [1.54, 1.807) is 28.2 Å². The molecule has 2 aromatic carbocycles. The Morgan fingerprint density at radius 2 is 1.97 bits per heavy atom. The smallest absolute Gasteiger partial charge is 0.272 e. The fraction of sp³-hybridized carbons (Fsp3) is 0.280. The first-order chi connectivity index (χ1) is 16.8. The molecule has 2 atom stereocenters. The highest BCUT2D eigenvalue weighted by atomic mass is 127. The predicted molar refractivity (Wildman–Crippen MR) is 167 cm³/mol. The maximum Gasteiger partial charge on any atom is 0.272 e. The van der Waals surface area contributed by atoms with Crippen LogP contribution in [0.2, 0.25) is 10.0 Å². The van der Waals surface area contributed by atoms with Gasteiger partial charge < -0.3 is 5.32 Å². The molecule has 3 aromatic rings. The van der Waals surface area contributed by atoms with Crippen molar-refractivity contribution in [2.75, 3.05) is 0 Å². The summed E-state index contributed by atoms with van der Waals surface area (Å²) in [5.74, 6) is 3.55. The van der Waals surface area contributed by atoms with Gasteiger partial charge in [-0.05, 0) is 105 Å². The molecule has 1 N–H and O–H groups in total. The molecule has 4 nitrogen and oxygen atoms in total. The highest BCUT2D eigenvalue weighted by Crippen LogP contribution is 2.64. The largest absolute Gasteiger partial charge is 0.348 e. The quantitative estimate of drug-likeness (QED) is 0.160. The van der Waals surface area contributed by atoms with Crippen molar-refractivity contribution in [1.29, 1.82) is 0 Å². The Labute approximate surface area is 247 Å². The minimum absolute atomic E-state index is 0.0881. The summed E-state index contributed by atoms with van der Waals surface area (Å²) >= 11 is 19.2. The van der Waals surface area contributed by atoms with Crippen LogP contribution in [0.4, 0.5) is 0 Å². The van der Waals surface area contributed by atoms with Gasteiger partial charge in [-0.2, -0.15) is 5.10 Å². The number of hydrogen-bond donors (Lipinski definition) is 1. The molecule has 1 amide bonds. The minimum atomic E-state index is -0.167. The van der Waals surface area contributed by atoms with E-state index in [4.69, 9.17) is 28.3 Å². The molecular weight excluding hydrogens is 746 g/mol. The number of hydrogen-bond acceptors (Lipinski definition) is 3. The molecule has 2 unspecified atom stereocenters. The van der Waals surface area contributed by atoms with E-state index in [2.05, 4.69) is 60.6 Å². The van der Waals surface area contributed by atoms with Crippen molar-refractivity contribution in [2.24, 2.45) is 5.92 Å². The van der Waals surface area contributed by atoms with Crippen LogP contribution in [0.1, 0.15) is 41.7 Å². The number of aromatic nitrogens is 2. The molecule has 4 rings (SSSR count). The monoisotopic (exact) mass is 767 g/mol. The second kappa shape index (κ2) is 12.8. The number of rotatable bonds is 5. The lowest BCUT2D eigenvalue weighted by Crippen LogP contribution is -2.38. The van der Waals surface area contributed by atoms with E-state index in [0.29, 0.717) is 27.3 Å². The van der Waals surface area contributed by atoms with E-state index >= 15 is 0 Å². The summed E-state index contributed by atoms with van der Waals surface area (Å²) < 4.78 is 1.60. The highest BCUT2D eigenvalue weighted by molar-refractivity contribution is 14.3. The summed E-state index contributed by atoms with van der Waals surface area (Å²) in [6.07, 6.45) is 3.97. The lowest BCUT2D eigenvalue weighted by Gasteiger charge is -2.26. The standard InChI is InChI=1S/C25H22Cl2I2N3OPS/c1-16-23(25(33)30-20-9-5-6-17(14-20)12-13-35-34(28)29)31-32(22-11-10-19(26)15-21(22)27)24(16)18-7-3-2-4-8-18/h2-4,7-8,10-11,15,17,20H,5-6,9,14H2,1H3,(H,30,33). The lowest BCUT2D eigenvalue weighted by atomic mass is 9.86. The molecule has 10 heteroatoms. The molecule has 1 aliphatic carbocycles. The summed E-state index contributed by atoms with van der Waals surface area (Å²) in [6.45, 7) is 1.93. The van der Waals surface area contributed by atoms with Crippen molar-refractivity contribution in [3.05, 3.63) is 69.8 Å². The van der Waals surface area contributed by atoms with Crippen LogP contribution in [0.5, 0.6) is 0 Å². The molecule has 0 radical (unpaired) electrons. The Morgan fingerprint density at radius 1 is 1.20 bits per heavy atom. The number of carbonyl (C=O) groups is 1. The third kappa shape index (κ3) is 7.08. The van der Waals surface area contributed by atoms with Gasteiger partial charge in [0.25, 0.3) is 5.91 Å². The summed E-state index contributed by atoms with van der Waals surface area (Å²) in [5, 5.41) is 12.2. The minimum Gasteiger partial charge on any atom is -0.348 e. The fourth-order valence-corrected chi connectivity index (χ4v) is 7.24. The van der Waals surface area contributed by atoms with Crippen LogP contribution >= 0.6 is 81.1 Å². The number of nitrogens with one attached hydrogen (secondary N) is 1. The van der Waals surface area contributed by atoms with Crippen molar-refractivity contribution < 1.29 is 4.79 Å². The van der Waals surface area contributed by atoms with Gasteiger partial charge in [-0.15, -0.1) is 0 Å². The van der Waals surface area contributed by atoms with Crippen LogP contribution in [0.15, 0.2) is 48.5 Å². The van der Waals surface area contributed by atoms with Gasteiger partial charge in [-0.25, -0.2) is 4.68 Å². The Hall–Kier alpha value is -0.500. The maximum absolute atomic E-state index is 13.4. The third-order valence-corrected chi connectivity index (χ3v) is 11.0. The van der Waals surface area contributed by atoms with Gasteiger partial charge >= 0.3 is 0 Å². The summed E-state index contributed by atoms with van der Waals surface area (Å²) in [6, 6.07) is 15.3. The van der Waals surface area contributed by atoms with Gasteiger partial charge in [0.15, 0.2) is 5.69 Å². The van der Waals surface area contributed by atoms with Gasteiger partial charge in [-0.1, -0.05) is 65.9 Å². The zero-order valence-electron chi connectivity index (χ0n) is 18.8. The first-order valence-electron chi connectivity index (χ1n) is 11.0. The summed E-state index contributed by atoms with van der Waals surface area (Å²) in [5.41, 5.74) is 3.67. The van der Waals surface area contributed by atoms with Gasteiger partial charge in [0.2, 0.25) is 0 Å². The third-order valence-electron chi connectivity index (χ3n) is 5.91. The molecule has 1 aromatic heterocycles. The second-order valence-electron chi connectivity index (χ2n) is 8.27. The van der Waals surface area contributed by atoms with Crippen LogP contribution in [0.25, 0.3) is 16.9 Å². The average molecular weight is 768 g/mol. The van der Waals surface area contributed by atoms with E-state index in [9.17, 15) is 4.79 Å². The number of halogens is 4. The number of nitrogens with zero attached hydrogens (tertiary/aromatic N) is 2. The van der Waals surface area contributed by atoms with Crippen molar-refractivity contribution in [3.63, 3.8) is 0 Å². The van der Waals surface area contributed by atoms with Crippen LogP contribution < -0.4 is 5.32 Å². The van der Waals surface area contributed by atoms with Gasteiger partial charge in [0, 0.05) is 28.1 Å². The van der Waals surface area contributed by atoms with E-state index in [0.717, 1.165) is 42.5 Å². The second-order valence-corrected chi connectivity index (χ2v) is 26.8. The maximum atomic E-state index is 13.4. The average Bonchev–Trinajstić information content (AvgIpc) is 3.16. The molecule has 0 saturated heterocycles. The highest BCUT2D eigenvalue weighted by Gasteiger charge is 2.27. The van der Waals surface area contributed by atoms with E-state index in [-0.39, 0.29) is 14.4 Å². The molecule has 1 aliphatic rings. The Balaban J connectivity index is 1.63. The van der Waals surface area contributed by atoms with Gasteiger partial charge in [0.1, 0.15) is 0 Å². The molecular formula is C25H22Cl2I2N3OPS. The fourth-order valence-electron chi connectivity index (χ4n) is 4.32. The summed E-state index contributed by atoms with van der Waals surface area (Å²) in [7, 11) is 0. The molecule has 0 spiro atoms. The zero-order chi connectivity index (χ0) is 24.9. The van der Waals surface area contributed by atoms with Gasteiger partial charge in [0.05, 0.1) is 18.8 Å². The molecule has 1 heterocycles. The number of amides is 1. The van der Waals surface area contributed by atoms with Crippen LogP contribution in [-0.2, 0) is 0 Å². The van der Waals surface area contributed by atoms with Crippen molar-refractivity contribution >= 4 is 87.0 Å².